The largest absolute Gasteiger partial charge is 1.00 e. The van der Waals surface area contributed by atoms with Gasteiger partial charge in [0.25, 0.3) is 0 Å². The molecule has 0 bridgehead atoms. The Hall–Kier alpha value is -0.160. The number of nitrogens with zero attached hydrogens (tertiary/aromatic N) is 2. The first-order valence-electron chi connectivity index (χ1n) is 13.1. The normalized spacial score (nSPS) is 11.6. The molecule has 0 aliphatic rings. The maximum absolute atomic E-state index is 12.5. The lowest BCUT2D eigenvalue weighted by Crippen LogP contribution is -3.00. The minimum absolute atomic E-state index is 0. The van der Waals surface area contributed by atoms with Crippen LogP contribution in [0.3, 0.4) is 0 Å². The standard InChI is InChI=1S/C25H50N2O3P.BrH/c1-4-7-8-9-10-11-12-13-14-15-16-17-18-19-20-26-21-22-27(25-26)23-24-31(28,29-5-2)30-6-3;/h21-22,25H,4-20,23-24H2,1-3H3;1H/q+1;/p-1. The van der Waals surface area contributed by atoms with E-state index in [1.54, 1.807) is 0 Å². The monoisotopic (exact) mass is 536 g/mol. The van der Waals surface area contributed by atoms with Crippen molar-refractivity contribution in [3.05, 3.63) is 18.7 Å². The fourth-order valence-corrected chi connectivity index (χ4v) is 5.59. The van der Waals surface area contributed by atoms with Gasteiger partial charge in [-0.25, -0.2) is 9.13 Å². The Labute approximate surface area is 209 Å². The van der Waals surface area contributed by atoms with Crippen molar-refractivity contribution in [1.29, 1.82) is 0 Å². The number of hydrogen-bond acceptors (Lipinski definition) is 3. The van der Waals surface area contributed by atoms with Crippen molar-refractivity contribution in [2.45, 2.75) is 124 Å². The van der Waals surface area contributed by atoms with Gasteiger partial charge in [0.2, 0.25) is 6.33 Å². The van der Waals surface area contributed by atoms with Crippen LogP contribution in [0.15, 0.2) is 18.7 Å². The molecular weight excluding hydrogens is 487 g/mol. The minimum Gasteiger partial charge on any atom is -1.00 e. The predicted molar refractivity (Wildman–Crippen MR) is 131 cm³/mol. The van der Waals surface area contributed by atoms with Gasteiger partial charge in [0.15, 0.2) is 0 Å². The van der Waals surface area contributed by atoms with Gasteiger partial charge in [0, 0.05) is 0 Å². The molecule has 0 radical (unpaired) electrons. The fourth-order valence-electron chi connectivity index (χ4n) is 3.99. The zero-order chi connectivity index (χ0) is 22.6. The maximum Gasteiger partial charge on any atom is 0.334 e. The molecule has 0 aliphatic heterocycles. The lowest BCUT2D eigenvalue weighted by molar-refractivity contribution is -0.696. The Kier molecular flexibility index (Phi) is 21.3. The molecule has 0 spiro atoms. The van der Waals surface area contributed by atoms with Crippen molar-refractivity contribution >= 4 is 7.60 Å². The summed E-state index contributed by atoms with van der Waals surface area (Å²) in [5.74, 6) is 0. The SMILES string of the molecule is CCCCCCCCCCCCCCCC[n+]1ccn(CCP(=O)(OCC)OCC)c1.[Br-]. The summed E-state index contributed by atoms with van der Waals surface area (Å²) in [6.45, 7) is 8.54. The number of aromatic nitrogens is 2. The third-order valence-corrected chi connectivity index (χ3v) is 7.85. The van der Waals surface area contributed by atoms with Crippen LogP contribution in [0.4, 0.5) is 0 Å². The van der Waals surface area contributed by atoms with E-state index in [-0.39, 0.29) is 17.0 Å². The highest BCUT2D eigenvalue weighted by molar-refractivity contribution is 7.53. The maximum atomic E-state index is 12.5. The highest BCUT2D eigenvalue weighted by atomic mass is 79.9. The zero-order valence-electron chi connectivity index (χ0n) is 21.1. The molecule has 190 valence electrons. The molecule has 0 saturated carbocycles. The summed E-state index contributed by atoms with van der Waals surface area (Å²) in [5.41, 5.74) is 0. The molecule has 0 saturated heterocycles. The fraction of sp³-hybridized carbons (Fsp3) is 0.880. The molecule has 0 fully saturated rings. The van der Waals surface area contributed by atoms with Crippen LogP contribution in [0.5, 0.6) is 0 Å². The number of hydrogen-bond donors (Lipinski definition) is 0. The van der Waals surface area contributed by atoms with E-state index in [4.69, 9.17) is 9.05 Å². The van der Waals surface area contributed by atoms with Crippen LogP contribution >= 0.6 is 7.60 Å². The Balaban J connectivity index is 0.00000961. The van der Waals surface area contributed by atoms with E-state index in [2.05, 4.69) is 28.6 Å². The number of unbranched alkanes of at least 4 members (excludes halogenated alkanes) is 13. The molecule has 0 aromatic carbocycles. The van der Waals surface area contributed by atoms with E-state index in [9.17, 15) is 4.57 Å². The van der Waals surface area contributed by atoms with E-state index in [1.807, 2.05) is 20.0 Å². The van der Waals surface area contributed by atoms with Crippen LogP contribution in [-0.2, 0) is 26.7 Å². The Bertz CT molecular complexity index is 573. The summed E-state index contributed by atoms with van der Waals surface area (Å²) in [6, 6.07) is 0. The van der Waals surface area contributed by atoms with E-state index in [1.165, 1.54) is 89.9 Å². The predicted octanol–water partition coefficient (Wildman–Crippen LogP) is 4.53. The van der Waals surface area contributed by atoms with Crippen molar-refractivity contribution in [2.75, 3.05) is 19.4 Å². The Morgan fingerprint density at radius 2 is 1.22 bits per heavy atom. The van der Waals surface area contributed by atoms with Crippen molar-refractivity contribution in [1.82, 2.24) is 4.57 Å². The number of rotatable bonds is 22. The van der Waals surface area contributed by atoms with Gasteiger partial charge in [0.1, 0.15) is 18.9 Å². The van der Waals surface area contributed by atoms with E-state index < -0.39 is 7.60 Å². The molecule has 0 N–H and O–H groups in total. The average Bonchev–Trinajstić information content (AvgIpc) is 3.21. The van der Waals surface area contributed by atoms with Crippen molar-refractivity contribution in [2.24, 2.45) is 0 Å². The molecule has 7 heteroatoms. The molecule has 0 atom stereocenters. The van der Waals surface area contributed by atoms with Gasteiger partial charge in [0.05, 0.1) is 25.9 Å². The lowest BCUT2D eigenvalue weighted by atomic mass is 10.0. The summed E-state index contributed by atoms with van der Waals surface area (Å²) < 4.78 is 27.6. The summed E-state index contributed by atoms with van der Waals surface area (Å²) in [7, 11) is -2.96. The van der Waals surface area contributed by atoms with Gasteiger partial charge in [-0.1, -0.05) is 84.0 Å². The topological polar surface area (TPSA) is 44.3 Å². The smallest absolute Gasteiger partial charge is 0.334 e. The second-order valence-corrected chi connectivity index (χ2v) is 10.8. The van der Waals surface area contributed by atoms with Crippen LogP contribution in [0.1, 0.15) is 111 Å². The molecular formula is C25H50BrN2O3P. The second-order valence-electron chi connectivity index (χ2n) is 8.66. The summed E-state index contributed by atoms with van der Waals surface area (Å²) in [5, 5.41) is 0. The number of aryl methyl sites for hydroxylation is 2. The van der Waals surface area contributed by atoms with Gasteiger partial charge < -0.3 is 26.0 Å². The molecule has 1 heterocycles. The molecule has 1 aromatic rings. The molecule has 0 amide bonds. The van der Waals surface area contributed by atoms with Crippen molar-refractivity contribution in [3.8, 4) is 0 Å². The Morgan fingerprint density at radius 1 is 0.750 bits per heavy atom. The van der Waals surface area contributed by atoms with Gasteiger partial charge in [-0.15, -0.1) is 0 Å². The highest BCUT2D eigenvalue weighted by Gasteiger charge is 2.24. The Morgan fingerprint density at radius 3 is 1.69 bits per heavy atom. The van der Waals surface area contributed by atoms with Gasteiger partial charge in [-0.05, 0) is 26.7 Å². The lowest BCUT2D eigenvalue weighted by Gasteiger charge is -2.15. The first-order chi connectivity index (χ1) is 15.1. The zero-order valence-corrected chi connectivity index (χ0v) is 23.6. The number of halogens is 1. The van der Waals surface area contributed by atoms with Gasteiger partial charge in [-0.3, -0.25) is 4.57 Å². The minimum atomic E-state index is -2.96. The molecule has 1 rings (SSSR count). The van der Waals surface area contributed by atoms with Gasteiger partial charge in [-0.2, -0.15) is 0 Å². The van der Waals surface area contributed by atoms with Crippen LogP contribution in [-0.4, -0.2) is 23.9 Å². The summed E-state index contributed by atoms with van der Waals surface area (Å²) >= 11 is 0. The van der Waals surface area contributed by atoms with E-state index >= 15 is 0 Å². The highest BCUT2D eigenvalue weighted by Crippen LogP contribution is 2.47. The molecule has 1 aromatic heterocycles. The van der Waals surface area contributed by atoms with Crippen molar-refractivity contribution in [3.63, 3.8) is 0 Å². The third kappa shape index (κ3) is 16.5. The first kappa shape index (κ1) is 31.8. The van der Waals surface area contributed by atoms with Crippen LogP contribution in [0.25, 0.3) is 0 Å². The third-order valence-electron chi connectivity index (χ3n) is 5.80. The summed E-state index contributed by atoms with van der Waals surface area (Å²) in [4.78, 5) is 0. The average molecular weight is 538 g/mol. The molecule has 0 unspecified atom stereocenters. The van der Waals surface area contributed by atoms with Crippen LogP contribution in [0.2, 0.25) is 0 Å². The quantitative estimate of drug-likeness (QED) is 0.124. The van der Waals surface area contributed by atoms with Crippen molar-refractivity contribution < 1.29 is 35.2 Å². The van der Waals surface area contributed by atoms with Gasteiger partial charge >= 0.3 is 7.60 Å². The first-order valence-corrected chi connectivity index (χ1v) is 14.8. The molecule has 32 heavy (non-hydrogen) atoms. The molecule has 0 aliphatic carbocycles. The second kappa shape index (κ2) is 21.4. The van der Waals surface area contributed by atoms with Crippen LogP contribution < -0.4 is 21.5 Å². The van der Waals surface area contributed by atoms with E-state index in [0.29, 0.717) is 25.9 Å². The van der Waals surface area contributed by atoms with E-state index in [0.717, 1.165) is 6.54 Å². The summed E-state index contributed by atoms with van der Waals surface area (Å²) in [6.07, 6.45) is 26.1. The molecule has 5 nitrogen and oxygen atoms in total. The van der Waals surface area contributed by atoms with Crippen LogP contribution in [0, 0.1) is 0 Å². The number of imidazole rings is 1.